The van der Waals surface area contributed by atoms with E-state index >= 15 is 0 Å². The van der Waals surface area contributed by atoms with Crippen LogP contribution in [0, 0.1) is 0 Å². The monoisotopic (exact) mass is 450 g/mol. The summed E-state index contributed by atoms with van der Waals surface area (Å²) >= 11 is 13.2. The van der Waals surface area contributed by atoms with Crippen LogP contribution in [0.3, 0.4) is 0 Å². The van der Waals surface area contributed by atoms with Gasteiger partial charge in [0.25, 0.3) is 5.91 Å². The van der Waals surface area contributed by atoms with Gasteiger partial charge in [-0.3, -0.25) is 4.79 Å². The van der Waals surface area contributed by atoms with Crippen LogP contribution < -0.4 is 10.1 Å². The zero-order valence-electron chi connectivity index (χ0n) is 15.4. The first-order valence-corrected chi connectivity index (χ1v) is 10.1. The Labute approximate surface area is 181 Å². The standard InChI is InChI=1S/C20H16Cl2N2O4S/c1-11(18(25)23-15-9-14(22)6-7-17(15)27-2)28-20(26)16-10-29-19(24-16)12-4-3-5-13(21)8-12/h3-11H,1-2H3,(H,23,25). The second-order valence-corrected chi connectivity index (χ2v) is 7.66. The van der Waals surface area contributed by atoms with Crippen LogP contribution in [0.4, 0.5) is 5.69 Å². The van der Waals surface area contributed by atoms with Crippen molar-refractivity contribution in [1.29, 1.82) is 0 Å². The highest BCUT2D eigenvalue weighted by Crippen LogP contribution is 2.28. The fourth-order valence-corrected chi connectivity index (χ4v) is 3.56. The number of carbonyl (C=O) groups is 2. The number of nitrogens with one attached hydrogen (secondary N) is 1. The Morgan fingerprint density at radius 1 is 1.14 bits per heavy atom. The molecule has 1 atom stereocenters. The molecule has 1 amide bonds. The van der Waals surface area contributed by atoms with Crippen molar-refractivity contribution in [1.82, 2.24) is 4.98 Å². The number of halogens is 2. The van der Waals surface area contributed by atoms with Gasteiger partial charge in [-0.2, -0.15) is 0 Å². The number of amides is 1. The zero-order chi connectivity index (χ0) is 21.0. The topological polar surface area (TPSA) is 77.5 Å². The lowest BCUT2D eigenvalue weighted by molar-refractivity contribution is -0.123. The Kier molecular flexibility index (Phi) is 6.74. The Morgan fingerprint density at radius 2 is 1.90 bits per heavy atom. The summed E-state index contributed by atoms with van der Waals surface area (Å²) in [5.74, 6) is -0.786. The van der Waals surface area contributed by atoms with Gasteiger partial charge in [0, 0.05) is 21.0 Å². The van der Waals surface area contributed by atoms with E-state index in [1.54, 1.807) is 41.8 Å². The van der Waals surface area contributed by atoms with E-state index in [2.05, 4.69) is 10.3 Å². The van der Waals surface area contributed by atoms with E-state index in [0.717, 1.165) is 5.56 Å². The summed E-state index contributed by atoms with van der Waals surface area (Å²) in [6.45, 7) is 1.47. The maximum Gasteiger partial charge on any atom is 0.358 e. The summed E-state index contributed by atoms with van der Waals surface area (Å²) in [5, 5.41) is 5.84. The number of hydrogen-bond acceptors (Lipinski definition) is 6. The lowest BCUT2D eigenvalue weighted by Gasteiger charge is -2.15. The normalized spacial score (nSPS) is 11.6. The van der Waals surface area contributed by atoms with E-state index in [1.165, 1.54) is 25.4 Å². The summed E-state index contributed by atoms with van der Waals surface area (Å²) in [5.41, 5.74) is 1.29. The van der Waals surface area contributed by atoms with Gasteiger partial charge in [-0.25, -0.2) is 9.78 Å². The van der Waals surface area contributed by atoms with Gasteiger partial charge in [0.05, 0.1) is 12.8 Å². The highest BCUT2D eigenvalue weighted by atomic mass is 35.5. The van der Waals surface area contributed by atoms with Crippen molar-refractivity contribution < 1.29 is 19.1 Å². The molecule has 6 nitrogen and oxygen atoms in total. The molecule has 1 aromatic heterocycles. The fourth-order valence-electron chi connectivity index (χ4n) is 2.41. The number of ether oxygens (including phenoxy) is 2. The SMILES string of the molecule is COc1ccc(Cl)cc1NC(=O)C(C)OC(=O)c1csc(-c2cccc(Cl)c2)n1. The largest absolute Gasteiger partial charge is 0.495 e. The smallest absolute Gasteiger partial charge is 0.358 e. The molecule has 0 saturated heterocycles. The first kappa shape index (κ1) is 21.1. The predicted octanol–water partition coefficient (Wildman–Crippen LogP) is 5.31. The Morgan fingerprint density at radius 3 is 2.62 bits per heavy atom. The highest BCUT2D eigenvalue weighted by molar-refractivity contribution is 7.13. The molecule has 29 heavy (non-hydrogen) atoms. The van der Waals surface area contributed by atoms with Crippen LogP contribution in [0.2, 0.25) is 10.0 Å². The van der Waals surface area contributed by atoms with E-state index < -0.39 is 18.0 Å². The van der Waals surface area contributed by atoms with Crippen LogP contribution in [0.15, 0.2) is 47.8 Å². The molecular weight excluding hydrogens is 435 g/mol. The molecule has 0 aliphatic heterocycles. The van der Waals surface area contributed by atoms with Crippen LogP contribution in [-0.4, -0.2) is 30.1 Å². The summed E-state index contributed by atoms with van der Waals surface area (Å²) in [7, 11) is 1.47. The third kappa shape index (κ3) is 5.26. The maximum atomic E-state index is 12.4. The van der Waals surface area contributed by atoms with E-state index in [0.29, 0.717) is 26.5 Å². The average molecular weight is 451 g/mol. The molecule has 150 valence electrons. The second kappa shape index (κ2) is 9.26. The summed E-state index contributed by atoms with van der Waals surface area (Å²) < 4.78 is 10.4. The molecule has 1 unspecified atom stereocenters. The second-order valence-electron chi connectivity index (χ2n) is 5.93. The minimum Gasteiger partial charge on any atom is -0.495 e. The zero-order valence-corrected chi connectivity index (χ0v) is 17.8. The number of esters is 1. The van der Waals surface area contributed by atoms with Crippen molar-refractivity contribution in [3.05, 3.63) is 63.6 Å². The quantitative estimate of drug-likeness (QED) is 0.514. The molecule has 1 heterocycles. The molecule has 0 radical (unpaired) electrons. The fraction of sp³-hybridized carbons (Fsp3) is 0.150. The molecular formula is C20H16Cl2N2O4S. The van der Waals surface area contributed by atoms with Gasteiger partial charge >= 0.3 is 5.97 Å². The molecule has 3 aromatic rings. The molecule has 0 aliphatic rings. The molecule has 3 rings (SSSR count). The molecule has 0 aliphatic carbocycles. The average Bonchev–Trinajstić information content (AvgIpc) is 3.18. The van der Waals surface area contributed by atoms with Crippen LogP contribution >= 0.6 is 34.5 Å². The van der Waals surface area contributed by atoms with E-state index in [-0.39, 0.29) is 5.69 Å². The number of benzene rings is 2. The van der Waals surface area contributed by atoms with E-state index in [1.807, 2.05) is 6.07 Å². The molecule has 0 fully saturated rings. The number of anilines is 1. The van der Waals surface area contributed by atoms with Gasteiger partial charge in [0.15, 0.2) is 11.8 Å². The Hall–Kier alpha value is -2.61. The first-order valence-electron chi connectivity index (χ1n) is 8.44. The number of nitrogens with zero attached hydrogens (tertiary/aromatic N) is 1. The molecule has 0 spiro atoms. The van der Waals surface area contributed by atoms with Gasteiger partial charge in [-0.15, -0.1) is 11.3 Å². The number of aromatic nitrogens is 1. The summed E-state index contributed by atoms with van der Waals surface area (Å²) in [6, 6.07) is 12.0. The van der Waals surface area contributed by atoms with Crippen LogP contribution in [0.5, 0.6) is 5.75 Å². The molecule has 9 heteroatoms. The van der Waals surface area contributed by atoms with Crippen LogP contribution in [0.25, 0.3) is 10.6 Å². The number of hydrogen-bond donors (Lipinski definition) is 1. The Bertz CT molecular complexity index is 1050. The van der Waals surface area contributed by atoms with Gasteiger partial charge in [-0.05, 0) is 37.3 Å². The van der Waals surface area contributed by atoms with Crippen LogP contribution in [-0.2, 0) is 9.53 Å². The van der Waals surface area contributed by atoms with Crippen molar-refractivity contribution in [2.45, 2.75) is 13.0 Å². The van der Waals surface area contributed by atoms with E-state index in [9.17, 15) is 9.59 Å². The lowest BCUT2D eigenvalue weighted by atomic mass is 10.2. The van der Waals surface area contributed by atoms with Gasteiger partial charge in [-0.1, -0.05) is 35.3 Å². The van der Waals surface area contributed by atoms with Gasteiger partial charge in [0.2, 0.25) is 0 Å². The molecule has 0 bridgehead atoms. The van der Waals surface area contributed by atoms with Crippen molar-refractivity contribution in [2.75, 3.05) is 12.4 Å². The van der Waals surface area contributed by atoms with Gasteiger partial charge in [0.1, 0.15) is 10.8 Å². The summed E-state index contributed by atoms with van der Waals surface area (Å²) in [4.78, 5) is 29.0. The minimum absolute atomic E-state index is 0.116. The minimum atomic E-state index is -1.05. The molecule has 1 N–H and O–H groups in total. The first-order chi connectivity index (χ1) is 13.9. The molecule has 2 aromatic carbocycles. The third-order valence-corrected chi connectivity index (χ3v) is 5.22. The van der Waals surface area contributed by atoms with E-state index in [4.69, 9.17) is 32.7 Å². The number of rotatable bonds is 6. The number of thiazole rings is 1. The molecule has 0 saturated carbocycles. The predicted molar refractivity (Wildman–Crippen MR) is 114 cm³/mol. The van der Waals surface area contributed by atoms with Gasteiger partial charge < -0.3 is 14.8 Å². The van der Waals surface area contributed by atoms with Crippen molar-refractivity contribution in [3.63, 3.8) is 0 Å². The summed E-state index contributed by atoms with van der Waals surface area (Å²) in [6.07, 6.45) is -1.05. The number of carbonyl (C=O) groups excluding carboxylic acids is 2. The number of methoxy groups -OCH3 is 1. The van der Waals surface area contributed by atoms with Crippen molar-refractivity contribution in [2.24, 2.45) is 0 Å². The highest BCUT2D eigenvalue weighted by Gasteiger charge is 2.22. The van der Waals surface area contributed by atoms with Crippen LogP contribution in [0.1, 0.15) is 17.4 Å². The maximum absolute atomic E-state index is 12.4. The van der Waals surface area contributed by atoms with Crippen molar-refractivity contribution >= 4 is 52.1 Å². The lowest BCUT2D eigenvalue weighted by Crippen LogP contribution is -2.30. The van der Waals surface area contributed by atoms with Crippen molar-refractivity contribution in [3.8, 4) is 16.3 Å². The third-order valence-electron chi connectivity index (χ3n) is 3.86. The Balaban J connectivity index is 1.66.